The van der Waals surface area contributed by atoms with E-state index >= 15 is 0 Å². The van der Waals surface area contributed by atoms with Crippen molar-refractivity contribution in [1.29, 1.82) is 0 Å². The molecule has 3 amide bonds. The van der Waals surface area contributed by atoms with Crippen molar-refractivity contribution in [3.63, 3.8) is 0 Å². The Hall–Kier alpha value is -2.61. The lowest BCUT2D eigenvalue weighted by Gasteiger charge is -2.37. The van der Waals surface area contributed by atoms with Crippen molar-refractivity contribution in [1.82, 2.24) is 9.80 Å². The second-order valence-corrected chi connectivity index (χ2v) is 10.1. The van der Waals surface area contributed by atoms with Crippen LogP contribution < -0.4 is 10.1 Å². The van der Waals surface area contributed by atoms with Gasteiger partial charge in [-0.15, -0.1) is 0 Å². The summed E-state index contributed by atoms with van der Waals surface area (Å²) in [5, 5.41) is 2.87. The second-order valence-electron chi connectivity index (χ2n) is 10.1. The Morgan fingerprint density at radius 3 is 2.54 bits per heavy atom. The zero-order valence-corrected chi connectivity index (χ0v) is 21.8. The molecular formula is C27H41N3O5. The molecule has 1 heterocycles. The van der Waals surface area contributed by atoms with Crippen molar-refractivity contribution in [3.05, 3.63) is 23.8 Å². The molecular weight excluding hydrogens is 446 g/mol. The lowest BCUT2D eigenvalue weighted by Crippen LogP contribution is -2.50. The average Bonchev–Trinajstić information content (AvgIpc) is 3.38. The Morgan fingerprint density at radius 1 is 1.17 bits per heavy atom. The number of ether oxygens (including phenoxy) is 2. The number of carbonyl (C=O) groups is 3. The predicted molar refractivity (Wildman–Crippen MR) is 136 cm³/mol. The molecule has 3 rings (SSSR count). The van der Waals surface area contributed by atoms with E-state index in [0.717, 1.165) is 32.1 Å². The molecule has 3 atom stereocenters. The van der Waals surface area contributed by atoms with Gasteiger partial charge in [-0.2, -0.15) is 0 Å². The van der Waals surface area contributed by atoms with E-state index in [1.54, 1.807) is 37.3 Å². The number of benzene rings is 1. The molecule has 1 N–H and O–H groups in total. The van der Waals surface area contributed by atoms with Gasteiger partial charge < -0.3 is 24.6 Å². The maximum Gasteiger partial charge on any atom is 0.257 e. The summed E-state index contributed by atoms with van der Waals surface area (Å²) < 4.78 is 12.0. The van der Waals surface area contributed by atoms with E-state index in [1.165, 1.54) is 0 Å². The predicted octanol–water partition coefficient (Wildman–Crippen LogP) is 3.95. The SMILES string of the molecule is CCCC(=O)Nc1ccc2c(c1)OC[C@@H](C)N(C(=O)C1CCCC1)C[C@@H](C)[C@@H](OC)CN(C)C2=O. The van der Waals surface area contributed by atoms with Crippen molar-refractivity contribution < 1.29 is 23.9 Å². The molecule has 8 nitrogen and oxygen atoms in total. The second kappa shape index (κ2) is 12.4. The first-order valence-electron chi connectivity index (χ1n) is 12.9. The summed E-state index contributed by atoms with van der Waals surface area (Å²) >= 11 is 0. The Balaban J connectivity index is 1.93. The smallest absolute Gasteiger partial charge is 0.257 e. The third kappa shape index (κ3) is 6.75. The van der Waals surface area contributed by atoms with Gasteiger partial charge in [0.1, 0.15) is 12.4 Å². The van der Waals surface area contributed by atoms with Crippen LogP contribution in [0.15, 0.2) is 18.2 Å². The van der Waals surface area contributed by atoms with E-state index in [9.17, 15) is 14.4 Å². The minimum Gasteiger partial charge on any atom is -0.491 e. The summed E-state index contributed by atoms with van der Waals surface area (Å²) in [5.74, 6) is 0.436. The highest BCUT2D eigenvalue weighted by Gasteiger charge is 2.34. The highest BCUT2D eigenvalue weighted by Crippen LogP contribution is 2.30. The first-order valence-corrected chi connectivity index (χ1v) is 12.9. The summed E-state index contributed by atoms with van der Waals surface area (Å²) in [4.78, 5) is 42.5. The van der Waals surface area contributed by atoms with Crippen LogP contribution in [0, 0.1) is 11.8 Å². The van der Waals surface area contributed by atoms with Crippen molar-refractivity contribution in [2.45, 2.75) is 71.4 Å². The lowest BCUT2D eigenvalue weighted by molar-refractivity contribution is -0.139. The van der Waals surface area contributed by atoms with Gasteiger partial charge in [0.05, 0.1) is 17.7 Å². The molecule has 35 heavy (non-hydrogen) atoms. The maximum atomic E-state index is 13.5. The average molecular weight is 488 g/mol. The summed E-state index contributed by atoms with van der Waals surface area (Å²) in [6.07, 6.45) is 5.02. The molecule has 0 spiro atoms. The number of likely N-dealkylation sites (N-methyl/N-ethyl adjacent to an activating group) is 1. The van der Waals surface area contributed by atoms with Crippen LogP contribution in [-0.4, -0.2) is 73.5 Å². The van der Waals surface area contributed by atoms with Crippen molar-refractivity contribution in [3.8, 4) is 5.75 Å². The van der Waals surface area contributed by atoms with E-state index in [4.69, 9.17) is 9.47 Å². The van der Waals surface area contributed by atoms with Crippen LogP contribution in [0.4, 0.5) is 5.69 Å². The molecule has 0 unspecified atom stereocenters. The number of methoxy groups -OCH3 is 1. The minimum absolute atomic E-state index is 0.0399. The number of hydrogen-bond acceptors (Lipinski definition) is 5. The van der Waals surface area contributed by atoms with Crippen LogP contribution in [0.25, 0.3) is 0 Å². The van der Waals surface area contributed by atoms with E-state index in [-0.39, 0.29) is 48.3 Å². The van der Waals surface area contributed by atoms with E-state index in [1.807, 2.05) is 18.7 Å². The molecule has 1 aliphatic carbocycles. The number of nitrogens with one attached hydrogen (secondary N) is 1. The van der Waals surface area contributed by atoms with Gasteiger partial charge in [0, 0.05) is 57.3 Å². The fourth-order valence-corrected chi connectivity index (χ4v) is 5.01. The van der Waals surface area contributed by atoms with Crippen LogP contribution in [0.1, 0.15) is 69.7 Å². The number of hydrogen-bond donors (Lipinski definition) is 1. The number of fused-ring (bicyclic) bond motifs is 1. The molecule has 8 heteroatoms. The Labute approximate surface area is 209 Å². The van der Waals surface area contributed by atoms with Gasteiger partial charge in [-0.3, -0.25) is 14.4 Å². The fraction of sp³-hybridized carbons (Fsp3) is 0.667. The number of amides is 3. The normalized spacial score (nSPS) is 24.3. The topological polar surface area (TPSA) is 88.2 Å². The molecule has 0 aromatic heterocycles. The molecule has 1 aliphatic heterocycles. The van der Waals surface area contributed by atoms with Crippen molar-refractivity contribution in [2.75, 3.05) is 39.2 Å². The van der Waals surface area contributed by atoms with Gasteiger partial charge in [0.15, 0.2) is 0 Å². The maximum absolute atomic E-state index is 13.5. The van der Waals surface area contributed by atoms with Gasteiger partial charge in [-0.05, 0) is 38.3 Å². The number of anilines is 1. The van der Waals surface area contributed by atoms with Crippen molar-refractivity contribution in [2.24, 2.45) is 11.8 Å². The molecule has 0 saturated heterocycles. The first-order chi connectivity index (χ1) is 16.7. The van der Waals surface area contributed by atoms with Crippen LogP contribution >= 0.6 is 0 Å². The largest absolute Gasteiger partial charge is 0.491 e. The van der Waals surface area contributed by atoms with Crippen LogP contribution in [0.5, 0.6) is 5.75 Å². The standard InChI is InChI=1S/C27H41N3O5/c1-6-9-25(31)28-21-12-13-22-23(14-21)35-17-19(3)30(26(32)20-10-7-8-11-20)15-18(2)24(34-5)16-29(4)27(22)33/h12-14,18-20,24H,6-11,15-17H2,1-5H3,(H,28,31)/t18-,19-,24+/m1/s1. The van der Waals surface area contributed by atoms with E-state index in [0.29, 0.717) is 36.5 Å². The van der Waals surface area contributed by atoms with Gasteiger partial charge in [0.25, 0.3) is 5.91 Å². The number of nitrogens with zero attached hydrogens (tertiary/aromatic N) is 2. The molecule has 1 fully saturated rings. The molecule has 2 aliphatic rings. The summed E-state index contributed by atoms with van der Waals surface area (Å²) in [6.45, 7) is 7.20. The zero-order chi connectivity index (χ0) is 25.5. The van der Waals surface area contributed by atoms with E-state index < -0.39 is 0 Å². The summed E-state index contributed by atoms with van der Waals surface area (Å²) in [6, 6.07) is 4.94. The first kappa shape index (κ1) is 27.0. The molecule has 1 aromatic rings. The van der Waals surface area contributed by atoms with Crippen LogP contribution in [0.2, 0.25) is 0 Å². The third-order valence-corrected chi connectivity index (χ3v) is 7.20. The Bertz CT molecular complexity index is 899. The number of carbonyl (C=O) groups excluding carboxylic acids is 3. The van der Waals surface area contributed by atoms with E-state index in [2.05, 4.69) is 12.2 Å². The monoisotopic (exact) mass is 487 g/mol. The minimum atomic E-state index is -0.216. The van der Waals surface area contributed by atoms with Crippen molar-refractivity contribution >= 4 is 23.4 Å². The molecule has 1 aromatic carbocycles. The van der Waals surface area contributed by atoms with Gasteiger partial charge >= 0.3 is 0 Å². The Kier molecular flexibility index (Phi) is 9.55. The molecule has 0 bridgehead atoms. The van der Waals surface area contributed by atoms with Gasteiger partial charge in [-0.1, -0.05) is 26.7 Å². The number of rotatable bonds is 5. The Morgan fingerprint density at radius 2 is 1.89 bits per heavy atom. The van der Waals surface area contributed by atoms with Gasteiger partial charge in [-0.25, -0.2) is 0 Å². The van der Waals surface area contributed by atoms with Crippen LogP contribution in [-0.2, 0) is 14.3 Å². The molecule has 194 valence electrons. The quantitative estimate of drug-likeness (QED) is 0.680. The highest BCUT2D eigenvalue weighted by atomic mass is 16.5. The summed E-state index contributed by atoms with van der Waals surface area (Å²) in [7, 11) is 3.40. The fourth-order valence-electron chi connectivity index (χ4n) is 5.01. The third-order valence-electron chi connectivity index (χ3n) is 7.20. The summed E-state index contributed by atoms with van der Waals surface area (Å²) in [5.41, 5.74) is 1.00. The highest BCUT2D eigenvalue weighted by molar-refractivity contribution is 5.98. The zero-order valence-electron chi connectivity index (χ0n) is 21.8. The van der Waals surface area contributed by atoms with Gasteiger partial charge in [0.2, 0.25) is 11.8 Å². The lowest BCUT2D eigenvalue weighted by atomic mass is 9.99. The molecule has 1 saturated carbocycles. The van der Waals surface area contributed by atoms with Crippen LogP contribution in [0.3, 0.4) is 0 Å². The molecule has 0 radical (unpaired) electrons.